The molecule has 19 heavy (non-hydrogen) atoms. The number of aryl methyl sites for hydroxylation is 1. The number of carbonyl (C=O) groups excluding carboxylic acids is 1. The number of likely N-dealkylation sites (tertiary alicyclic amines) is 1. The lowest BCUT2D eigenvalue weighted by atomic mass is 9.78. The Bertz CT molecular complexity index is 498. The Morgan fingerprint density at radius 2 is 2.11 bits per heavy atom. The quantitative estimate of drug-likeness (QED) is 0.772. The highest BCUT2D eigenvalue weighted by molar-refractivity contribution is 5.85. The Kier molecular flexibility index (Phi) is 2.96. The monoisotopic (exact) mass is 259 g/mol. The van der Waals surface area contributed by atoms with Crippen molar-refractivity contribution < 1.29 is 4.79 Å². The van der Waals surface area contributed by atoms with Gasteiger partial charge in [-0.2, -0.15) is 0 Å². The molecular formula is C15H21N3O. The third-order valence-corrected chi connectivity index (χ3v) is 4.50. The number of nitrogens with zero attached hydrogens (tertiary/aromatic N) is 3. The summed E-state index contributed by atoms with van der Waals surface area (Å²) in [5.41, 5.74) is 0.880. The Labute approximate surface area is 114 Å². The molecule has 2 fully saturated rings. The molecule has 2 saturated heterocycles. The van der Waals surface area contributed by atoms with Gasteiger partial charge in [-0.1, -0.05) is 6.07 Å². The Morgan fingerprint density at radius 1 is 1.26 bits per heavy atom. The molecule has 1 atom stereocenters. The lowest BCUT2D eigenvalue weighted by Crippen LogP contribution is -2.47. The van der Waals surface area contributed by atoms with Crippen LogP contribution in [0.1, 0.15) is 25.0 Å². The maximum absolute atomic E-state index is 12.4. The number of aromatic nitrogens is 1. The van der Waals surface area contributed by atoms with E-state index in [1.165, 1.54) is 0 Å². The molecule has 2 aliphatic rings. The molecule has 4 nitrogen and oxygen atoms in total. The first-order chi connectivity index (χ1) is 9.11. The fourth-order valence-corrected chi connectivity index (χ4v) is 3.41. The van der Waals surface area contributed by atoms with Crippen molar-refractivity contribution in [1.29, 1.82) is 0 Å². The van der Waals surface area contributed by atoms with Crippen molar-refractivity contribution in [3.05, 3.63) is 23.9 Å². The number of anilines is 1. The van der Waals surface area contributed by atoms with Gasteiger partial charge in [0.2, 0.25) is 5.91 Å². The lowest BCUT2D eigenvalue weighted by molar-refractivity contribution is -0.135. The van der Waals surface area contributed by atoms with Crippen molar-refractivity contribution in [2.24, 2.45) is 5.41 Å². The molecule has 0 bridgehead atoms. The summed E-state index contributed by atoms with van der Waals surface area (Å²) in [7, 11) is 1.92. The van der Waals surface area contributed by atoms with E-state index in [1.54, 1.807) is 0 Å². The van der Waals surface area contributed by atoms with E-state index in [0.717, 1.165) is 50.4 Å². The van der Waals surface area contributed by atoms with E-state index in [-0.39, 0.29) is 5.41 Å². The van der Waals surface area contributed by atoms with Crippen LogP contribution < -0.4 is 4.90 Å². The topological polar surface area (TPSA) is 36.4 Å². The van der Waals surface area contributed by atoms with E-state index in [4.69, 9.17) is 0 Å². The number of rotatable bonds is 1. The summed E-state index contributed by atoms with van der Waals surface area (Å²) >= 11 is 0. The zero-order chi connectivity index (χ0) is 13.5. The number of amides is 1. The van der Waals surface area contributed by atoms with Crippen LogP contribution in [0.3, 0.4) is 0 Å². The largest absolute Gasteiger partial charge is 0.356 e. The van der Waals surface area contributed by atoms with Crippen molar-refractivity contribution in [2.45, 2.75) is 26.2 Å². The van der Waals surface area contributed by atoms with Gasteiger partial charge in [0.1, 0.15) is 5.82 Å². The van der Waals surface area contributed by atoms with E-state index in [9.17, 15) is 4.79 Å². The summed E-state index contributed by atoms with van der Waals surface area (Å²) in [5, 5.41) is 0. The molecule has 1 aromatic heterocycles. The maximum Gasteiger partial charge on any atom is 0.230 e. The highest BCUT2D eigenvalue weighted by atomic mass is 16.2. The molecule has 3 heterocycles. The molecule has 3 rings (SSSR count). The van der Waals surface area contributed by atoms with E-state index < -0.39 is 0 Å². The molecule has 2 aliphatic heterocycles. The van der Waals surface area contributed by atoms with Gasteiger partial charge in [-0.05, 0) is 38.3 Å². The molecule has 1 amide bonds. The SMILES string of the molecule is Cc1cccc(N2CCCC3(CCN(C)C3=O)C2)n1. The second-order valence-electron chi connectivity index (χ2n) is 5.92. The lowest BCUT2D eigenvalue weighted by Gasteiger charge is -2.39. The van der Waals surface area contributed by atoms with Crippen LogP contribution in [0.25, 0.3) is 0 Å². The molecule has 0 saturated carbocycles. The summed E-state index contributed by atoms with van der Waals surface area (Å²) < 4.78 is 0. The molecule has 1 spiro atoms. The van der Waals surface area contributed by atoms with Crippen molar-refractivity contribution >= 4 is 11.7 Å². The number of pyridine rings is 1. The molecule has 0 N–H and O–H groups in total. The normalized spacial score (nSPS) is 27.4. The van der Waals surface area contributed by atoms with Crippen LogP contribution in [-0.2, 0) is 4.79 Å². The predicted molar refractivity (Wildman–Crippen MR) is 75.1 cm³/mol. The number of piperidine rings is 1. The van der Waals surface area contributed by atoms with E-state index in [1.807, 2.05) is 31.0 Å². The Hall–Kier alpha value is -1.58. The minimum atomic E-state index is -0.154. The molecule has 4 heteroatoms. The summed E-state index contributed by atoms with van der Waals surface area (Å²) in [4.78, 5) is 21.2. The second kappa shape index (κ2) is 4.51. The zero-order valence-corrected chi connectivity index (χ0v) is 11.7. The van der Waals surface area contributed by atoms with Crippen LogP contribution in [-0.4, -0.2) is 42.5 Å². The standard InChI is InChI=1S/C15H21N3O/c1-12-5-3-6-13(16-12)18-9-4-7-15(11-18)8-10-17(2)14(15)19/h3,5-6H,4,7-11H2,1-2H3. The van der Waals surface area contributed by atoms with Gasteiger partial charge in [-0.15, -0.1) is 0 Å². The van der Waals surface area contributed by atoms with Crippen LogP contribution >= 0.6 is 0 Å². The van der Waals surface area contributed by atoms with Gasteiger partial charge in [0, 0.05) is 32.4 Å². The van der Waals surface area contributed by atoms with E-state index >= 15 is 0 Å². The average molecular weight is 259 g/mol. The summed E-state index contributed by atoms with van der Waals surface area (Å²) in [6.07, 6.45) is 3.10. The smallest absolute Gasteiger partial charge is 0.230 e. The van der Waals surface area contributed by atoms with E-state index in [0.29, 0.717) is 5.91 Å². The first-order valence-electron chi connectivity index (χ1n) is 7.05. The van der Waals surface area contributed by atoms with Crippen LogP contribution in [0.4, 0.5) is 5.82 Å². The van der Waals surface area contributed by atoms with Gasteiger partial charge in [0.05, 0.1) is 5.41 Å². The number of hydrogen-bond acceptors (Lipinski definition) is 3. The maximum atomic E-state index is 12.4. The molecule has 102 valence electrons. The third-order valence-electron chi connectivity index (χ3n) is 4.50. The van der Waals surface area contributed by atoms with E-state index in [2.05, 4.69) is 16.0 Å². The molecule has 0 radical (unpaired) electrons. The highest BCUT2D eigenvalue weighted by Crippen LogP contribution is 2.40. The molecule has 0 aliphatic carbocycles. The van der Waals surface area contributed by atoms with Crippen molar-refractivity contribution in [3.8, 4) is 0 Å². The summed E-state index contributed by atoms with van der Waals surface area (Å²) in [6, 6.07) is 6.11. The predicted octanol–water partition coefficient (Wildman–Crippen LogP) is 1.84. The molecular weight excluding hydrogens is 238 g/mol. The molecule has 1 aromatic rings. The van der Waals surface area contributed by atoms with Crippen molar-refractivity contribution in [3.63, 3.8) is 0 Å². The van der Waals surface area contributed by atoms with Crippen molar-refractivity contribution in [2.75, 3.05) is 31.6 Å². The number of carbonyl (C=O) groups is 1. The van der Waals surface area contributed by atoms with Gasteiger partial charge >= 0.3 is 0 Å². The number of hydrogen-bond donors (Lipinski definition) is 0. The van der Waals surface area contributed by atoms with Crippen LogP contribution in [0.5, 0.6) is 0 Å². The zero-order valence-electron chi connectivity index (χ0n) is 11.7. The average Bonchev–Trinajstić information content (AvgIpc) is 2.68. The first kappa shape index (κ1) is 12.5. The van der Waals surface area contributed by atoms with Gasteiger partial charge in [0.15, 0.2) is 0 Å². The highest BCUT2D eigenvalue weighted by Gasteiger charge is 2.47. The van der Waals surface area contributed by atoms with Crippen LogP contribution in [0.15, 0.2) is 18.2 Å². The van der Waals surface area contributed by atoms with Gasteiger partial charge in [0.25, 0.3) is 0 Å². The fraction of sp³-hybridized carbons (Fsp3) is 0.600. The summed E-state index contributed by atoms with van der Waals surface area (Å²) in [5.74, 6) is 1.34. The Balaban J connectivity index is 1.84. The second-order valence-corrected chi connectivity index (χ2v) is 5.92. The van der Waals surface area contributed by atoms with Crippen LogP contribution in [0.2, 0.25) is 0 Å². The fourth-order valence-electron chi connectivity index (χ4n) is 3.41. The first-order valence-corrected chi connectivity index (χ1v) is 7.05. The minimum Gasteiger partial charge on any atom is -0.356 e. The van der Waals surface area contributed by atoms with Crippen molar-refractivity contribution in [1.82, 2.24) is 9.88 Å². The molecule has 0 aromatic carbocycles. The Morgan fingerprint density at radius 3 is 2.79 bits per heavy atom. The molecule has 1 unspecified atom stereocenters. The van der Waals surface area contributed by atoms with Gasteiger partial charge < -0.3 is 9.80 Å². The third kappa shape index (κ3) is 2.09. The minimum absolute atomic E-state index is 0.154. The van der Waals surface area contributed by atoms with Gasteiger partial charge in [-0.3, -0.25) is 4.79 Å². The van der Waals surface area contributed by atoms with Crippen LogP contribution in [0, 0.1) is 12.3 Å². The summed E-state index contributed by atoms with van der Waals surface area (Å²) in [6.45, 7) is 4.74. The van der Waals surface area contributed by atoms with Gasteiger partial charge in [-0.25, -0.2) is 4.98 Å².